The Kier molecular flexibility index (Phi) is 8.03. The molecule has 1 N–H and O–H groups in total. The molecule has 1 aromatic rings. The Morgan fingerprint density at radius 1 is 1.37 bits per heavy atom. The van der Waals surface area contributed by atoms with E-state index in [0.717, 1.165) is 37.7 Å². The predicted octanol–water partition coefficient (Wildman–Crippen LogP) is 1.96. The molecule has 0 bridgehead atoms. The lowest BCUT2D eigenvalue weighted by atomic mass is 9.99. The van der Waals surface area contributed by atoms with Crippen molar-refractivity contribution in [2.75, 3.05) is 46.9 Å². The van der Waals surface area contributed by atoms with Crippen LogP contribution in [0, 0.1) is 17.7 Å². The van der Waals surface area contributed by atoms with Crippen molar-refractivity contribution in [1.29, 1.82) is 0 Å². The van der Waals surface area contributed by atoms with Crippen molar-refractivity contribution in [3.8, 4) is 0 Å². The van der Waals surface area contributed by atoms with Crippen LogP contribution in [0.2, 0.25) is 0 Å². The number of methoxy groups -OCH3 is 1. The number of nitrogens with one attached hydrogen (secondary N) is 1. The van der Waals surface area contributed by atoms with E-state index in [1.54, 1.807) is 12.1 Å². The Bertz CT molecular complexity index is 635. The fraction of sp³-hybridized carbons (Fsp3) is 0.600. The molecule has 0 radical (unpaired) electrons. The Hall–Kier alpha value is -2.15. The van der Waals surface area contributed by atoms with Gasteiger partial charge in [0.25, 0.3) is 0 Å². The van der Waals surface area contributed by atoms with Gasteiger partial charge in [-0.1, -0.05) is 19.1 Å². The van der Waals surface area contributed by atoms with Crippen molar-refractivity contribution in [3.05, 3.63) is 35.6 Å². The first-order chi connectivity index (χ1) is 12.9. The largest absolute Gasteiger partial charge is 0.469 e. The number of likely N-dealkylation sites (tertiary alicyclic amines) is 1. The van der Waals surface area contributed by atoms with Crippen molar-refractivity contribution in [2.24, 2.45) is 16.8 Å². The number of halogens is 1. The number of hydrogen-bond acceptors (Lipinski definition) is 4. The van der Waals surface area contributed by atoms with Gasteiger partial charge in [0.05, 0.1) is 19.6 Å². The molecule has 2 atom stereocenters. The highest BCUT2D eigenvalue weighted by Gasteiger charge is 2.36. The maximum atomic E-state index is 13.0. The number of hydrogen-bond donors (Lipinski definition) is 1. The van der Waals surface area contributed by atoms with Crippen molar-refractivity contribution in [1.82, 2.24) is 15.1 Å². The summed E-state index contributed by atoms with van der Waals surface area (Å²) in [6, 6.07) is 6.57. The van der Waals surface area contributed by atoms with E-state index in [4.69, 9.17) is 9.73 Å². The van der Waals surface area contributed by atoms with Crippen LogP contribution in [0.25, 0.3) is 0 Å². The fourth-order valence-corrected chi connectivity index (χ4v) is 3.33. The summed E-state index contributed by atoms with van der Waals surface area (Å²) in [6.07, 6.45) is 0. The van der Waals surface area contributed by atoms with Gasteiger partial charge < -0.3 is 19.9 Å². The minimum absolute atomic E-state index is 0.111. The minimum Gasteiger partial charge on any atom is -0.469 e. The third kappa shape index (κ3) is 6.20. The summed E-state index contributed by atoms with van der Waals surface area (Å²) >= 11 is 0. The van der Waals surface area contributed by atoms with Crippen LogP contribution in [0.4, 0.5) is 4.39 Å². The molecule has 1 heterocycles. The highest BCUT2D eigenvalue weighted by Crippen LogP contribution is 2.24. The zero-order valence-electron chi connectivity index (χ0n) is 16.7. The second-order valence-electron chi connectivity index (χ2n) is 7.11. The molecule has 6 nitrogen and oxygen atoms in total. The van der Waals surface area contributed by atoms with Gasteiger partial charge in [-0.05, 0) is 37.6 Å². The minimum atomic E-state index is -0.216. The zero-order chi connectivity index (χ0) is 19.8. The second-order valence-corrected chi connectivity index (χ2v) is 7.11. The lowest BCUT2D eigenvalue weighted by Crippen LogP contribution is -2.41. The number of likely N-dealkylation sites (N-methyl/N-ethyl adjacent to an activating group) is 1. The molecule has 2 rings (SSSR count). The number of aliphatic imine (C=N–C) groups is 1. The van der Waals surface area contributed by atoms with Crippen molar-refractivity contribution >= 4 is 11.9 Å². The van der Waals surface area contributed by atoms with E-state index in [1.807, 2.05) is 14.0 Å². The molecule has 27 heavy (non-hydrogen) atoms. The molecule has 2 unspecified atom stereocenters. The van der Waals surface area contributed by atoms with E-state index in [0.29, 0.717) is 13.1 Å². The standard InChI is InChI=1S/C20H31FN4O2/c1-5-22-20(25-12-15(2)18(14-25)19(26)27-4)23-10-11-24(3)13-16-6-8-17(21)9-7-16/h6-9,15,18H,5,10-14H2,1-4H3,(H,22,23). The molecule has 0 spiro atoms. The summed E-state index contributed by atoms with van der Waals surface area (Å²) in [5, 5.41) is 3.32. The van der Waals surface area contributed by atoms with Crippen LogP contribution in [-0.4, -0.2) is 68.6 Å². The SMILES string of the molecule is CCNC(=NCCN(C)Cc1ccc(F)cc1)N1CC(C)C(C(=O)OC)C1. The lowest BCUT2D eigenvalue weighted by molar-refractivity contribution is -0.145. The Morgan fingerprint density at radius 2 is 2.07 bits per heavy atom. The summed E-state index contributed by atoms with van der Waals surface area (Å²) in [5.74, 6) is 0.597. The fourth-order valence-electron chi connectivity index (χ4n) is 3.33. The van der Waals surface area contributed by atoms with Gasteiger partial charge in [0.15, 0.2) is 5.96 Å². The topological polar surface area (TPSA) is 57.2 Å². The van der Waals surface area contributed by atoms with E-state index in [9.17, 15) is 9.18 Å². The first-order valence-electron chi connectivity index (χ1n) is 9.48. The molecular weight excluding hydrogens is 347 g/mol. The van der Waals surface area contributed by atoms with E-state index in [1.165, 1.54) is 19.2 Å². The third-order valence-corrected chi connectivity index (χ3v) is 4.86. The van der Waals surface area contributed by atoms with E-state index in [2.05, 4.69) is 22.0 Å². The Labute approximate surface area is 161 Å². The number of carbonyl (C=O) groups is 1. The maximum absolute atomic E-state index is 13.0. The molecule has 1 aliphatic rings. The van der Waals surface area contributed by atoms with Gasteiger partial charge in [-0.3, -0.25) is 9.79 Å². The molecule has 1 aromatic carbocycles. The summed E-state index contributed by atoms with van der Waals surface area (Å²) in [6.45, 7) is 8.48. The summed E-state index contributed by atoms with van der Waals surface area (Å²) in [7, 11) is 3.46. The number of esters is 1. The van der Waals surface area contributed by atoms with Crippen molar-refractivity contribution in [3.63, 3.8) is 0 Å². The second kappa shape index (κ2) is 10.3. The Morgan fingerprint density at radius 3 is 2.70 bits per heavy atom. The van der Waals surface area contributed by atoms with Gasteiger partial charge >= 0.3 is 5.97 Å². The highest BCUT2D eigenvalue weighted by molar-refractivity contribution is 5.82. The van der Waals surface area contributed by atoms with Crippen LogP contribution >= 0.6 is 0 Å². The molecule has 1 fully saturated rings. The zero-order valence-corrected chi connectivity index (χ0v) is 16.7. The maximum Gasteiger partial charge on any atom is 0.310 e. The average Bonchev–Trinajstić information content (AvgIpc) is 3.04. The van der Waals surface area contributed by atoms with Crippen LogP contribution in [0.5, 0.6) is 0 Å². The molecule has 0 aromatic heterocycles. The quantitative estimate of drug-likeness (QED) is 0.447. The normalized spacial score (nSPS) is 20.2. The summed E-state index contributed by atoms with van der Waals surface area (Å²) < 4.78 is 17.9. The number of rotatable bonds is 7. The summed E-state index contributed by atoms with van der Waals surface area (Å²) in [5.41, 5.74) is 1.07. The number of carbonyl (C=O) groups excluding carboxylic acids is 1. The van der Waals surface area contributed by atoms with Gasteiger partial charge in [-0.2, -0.15) is 0 Å². The summed E-state index contributed by atoms with van der Waals surface area (Å²) in [4.78, 5) is 20.9. The average molecular weight is 378 g/mol. The van der Waals surface area contributed by atoms with Gasteiger partial charge in [0.2, 0.25) is 0 Å². The first kappa shape index (κ1) is 21.2. The number of ether oxygens (including phenoxy) is 1. The van der Waals surface area contributed by atoms with Crippen LogP contribution < -0.4 is 5.32 Å². The van der Waals surface area contributed by atoms with Crippen molar-refractivity contribution in [2.45, 2.75) is 20.4 Å². The smallest absolute Gasteiger partial charge is 0.310 e. The number of nitrogens with zero attached hydrogens (tertiary/aromatic N) is 3. The van der Waals surface area contributed by atoms with Crippen molar-refractivity contribution < 1.29 is 13.9 Å². The van der Waals surface area contributed by atoms with Gasteiger partial charge in [0.1, 0.15) is 5.82 Å². The molecule has 1 aliphatic heterocycles. The lowest BCUT2D eigenvalue weighted by Gasteiger charge is -2.22. The molecule has 7 heteroatoms. The highest BCUT2D eigenvalue weighted by atomic mass is 19.1. The monoisotopic (exact) mass is 378 g/mol. The number of benzene rings is 1. The molecule has 0 amide bonds. The van der Waals surface area contributed by atoms with Gasteiger partial charge in [-0.15, -0.1) is 0 Å². The first-order valence-corrected chi connectivity index (χ1v) is 9.48. The van der Waals surface area contributed by atoms with Crippen LogP contribution in [-0.2, 0) is 16.1 Å². The van der Waals surface area contributed by atoms with Gasteiger partial charge in [-0.25, -0.2) is 4.39 Å². The molecular formula is C20H31FN4O2. The molecule has 1 saturated heterocycles. The number of guanidine groups is 1. The van der Waals surface area contributed by atoms with Crippen LogP contribution in [0.15, 0.2) is 29.3 Å². The van der Waals surface area contributed by atoms with Gasteiger partial charge in [0, 0.05) is 32.7 Å². The Balaban J connectivity index is 1.89. The molecule has 150 valence electrons. The van der Waals surface area contributed by atoms with E-state index < -0.39 is 0 Å². The predicted molar refractivity (Wildman–Crippen MR) is 105 cm³/mol. The van der Waals surface area contributed by atoms with Crippen LogP contribution in [0.3, 0.4) is 0 Å². The third-order valence-electron chi connectivity index (χ3n) is 4.86. The molecule has 0 saturated carbocycles. The molecule has 0 aliphatic carbocycles. The van der Waals surface area contributed by atoms with E-state index in [-0.39, 0.29) is 23.6 Å². The van der Waals surface area contributed by atoms with E-state index >= 15 is 0 Å². The van der Waals surface area contributed by atoms with Crippen LogP contribution in [0.1, 0.15) is 19.4 Å².